The quantitative estimate of drug-likeness (QED) is 0.526. The van der Waals surface area contributed by atoms with Gasteiger partial charge in [0.25, 0.3) is 0 Å². The summed E-state index contributed by atoms with van der Waals surface area (Å²) in [5.74, 6) is 1.38. The van der Waals surface area contributed by atoms with Gasteiger partial charge in [-0.15, -0.1) is 0 Å². The second kappa shape index (κ2) is 7.80. The van der Waals surface area contributed by atoms with Crippen LogP contribution in [0, 0.1) is 17.8 Å². The predicted octanol–water partition coefficient (Wildman–Crippen LogP) is 5.21. The zero-order valence-corrected chi connectivity index (χ0v) is 14.5. The van der Waals surface area contributed by atoms with Crippen LogP contribution in [0.1, 0.15) is 59.8 Å². The molecule has 1 aliphatic heterocycles. The summed E-state index contributed by atoms with van der Waals surface area (Å²) in [5.41, 5.74) is 3.78. The molecule has 0 saturated carbocycles. The van der Waals surface area contributed by atoms with Gasteiger partial charge in [0, 0.05) is 11.5 Å². The molecule has 0 spiro atoms. The van der Waals surface area contributed by atoms with E-state index in [-0.39, 0.29) is 5.97 Å². The highest BCUT2D eigenvalue weighted by atomic mass is 16.5. The normalized spacial score (nSPS) is 31.4. The van der Waals surface area contributed by atoms with Gasteiger partial charge >= 0.3 is 5.97 Å². The first kappa shape index (κ1) is 17.1. The third-order valence-electron chi connectivity index (χ3n) is 5.13. The van der Waals surface area contributed by atoms with Crippen LogP contribution < -0.4 is 0 Å². The first-order valence-electron chi connectivity index (χ1n) is 8.65. The van der Waals surface area contributed by atoms with E-state index in [4.69, 9.17) is 4.74 Å². The lowest BCUT2D eigenvalue weighted by Crippen LogP contribution is -2.24. The van der Waals surface area contributed by atoms with Crippen LogP contribution in [0.2, 0.25) is 0 Å². The average molecular weight is 302 g/mol. The van der Waals surface area contributed by atoms with Crippen molar-refractivity contribution in [2.75, 3.05) is 6.61 Å². The number of allylic oxidation sites excluding steroid dienone is 5. The number of rotatable bonds is 4. The van der Waals surface area contributed by atoms with Crippen LogP contribution in [0.25, 0.3) is 0 Å². The monoisotopic (exact) mass is 302 g/mol. The molecule has 0 N–H and O–H groups in total. The number of carbonyl (C=O) groups is 1. The third-order valence-corrected chi connectivity index (χ3v) is 5.13. The van der Waals surface area contributed by atoms with Gasteiger partial charge in [0.05, 0.1) is 6.61 Å². The van der Waals surface area contributed by atoms with Crippen LogP contribution >= 0.6 is 0 Å². The van der Waals surface area contributed by atoms with Crippen LogP contribution in [0.15, 0.2) is 34.9 Å². The molecule has 2 aliphatic rings. The average Bonchev–Trinajstić information content (AvgIpc) is 2.83. The Morgan fingerprint density at radius 2 is 2.18 bits per heavy atom. The van der Waals surface area contributed by atoms with E-state index in [0.29, 0.717) is 24.4 Å². The third kappa shape index (κ3) is 4.34. The summed E-state index contributed by atoms with van der Waals surface area (Å²) in [4.78, 5) is 12.0. The number of hydrogen-bond donors (Lipinski definition) is 0. The van der Waals surface area contributed by atoms with E-state index in [1.807, 2.05) is 0 Å². The fourth-order valence-corrected chi connectivity index (χ4v) is 3.69. The van der Waals surface area contributed by atoms with E-state index in [9.17, 15) is 4.79 Å². The Labute approximate surface area is 135 Å². The van der Waals surface area contributed by atoms with Crippen molar-refractivity contribution in [3.8, 4) is 0 Å². The van der Waals surface area contributed by atoms with E-state index in [1.165, 1.54) is 17.6 Å². The van der Waals surface area contributed by atoms with E-state index in [2.05, 4.69) is 45.9 Å². The molecule has 1 heterocycles. The van der Waals surface area contributed by atoms with Crippen LogP contribution in [0.4, 0.5) is 0 Å². The van der Waals surface area contributed by atoms with Gasteiger partial charge in [0.2, 0.25) is 0 Å². The van der Waals surface area contributed by atoms with E-state index in [1.54, 1.807) is 0 Å². The molecule has 122 valence electrons. The topological polar surface area (TPSA) is 26.3 Å². The van der Waals surface area contributed by atoms with Gasteiger partial charge in [-0.3, -0.25) is 0 Å². The summed E-state index contributed by atoms with van der Waals surface area (Å²) in [6, 6.07) is 0. The van der Waals surface area contributed by atoms with Gasteiger partial charge < -0.3 is 4.74 Å². The summed E-state index contributed by atoms with van der Waals surface area (Å²) in [6.45, 7) is 9.46. The van der Waals surface area contributed by atoms with Crippen LogP contribution in [0.3, 0.4) is 0 Å². The fraction of sp³-hybridized carbons (Fsp3) is 0.650. The zero-order chi connectivity index (χ0) is 16.1. The first-order valence-corrected chi connectivity index (χ1v) is 8.65. The SMILES string of the molecule is CC(C)=CCC[C@@H](C)[C@@H]1CC/C(C)=C\C/C=C2/C(=O)OC[C@H]21. The maximum Gasteiger partial charge on any atom is 0.334 e. The highest BCUT2D eigenvalue weighted by Gasteiger charge is 2.38. The number of cyclic esters (lactones) is 1. The van der Waals surface area contributed by atoms with E-state index < -0.39 is 0 Å². The van der Waals surface area contributed by atoms with Gasteiger partial charge in [0.15, 0.2) is 0 Å². The van der Waals surface area contributed by atoms with Crippen molar-refractivity contribution < 1.29 is 9.53 Å². The molecule has 2 rings (SSSR count). The highest BCUT2D eigenvalue weighted by molar-refractivity contribution is 5.91. The Kier molecular flexibility index (Phi) is 6.05. The summed E-state index contributed by atoms with van der Waals surface area (Å²) in [7, 11) is 0. The standard InChI is InChI=1S/C20H30O2/c1-14(2)7-5-9-16(4)17-12-11-15(3)8-6-10-18-19(17)13-22-20(18)21/h7-8,10,16-17,19H,5-6,9,11-13H2,1-4H3/b15-8-,18-10+/t16-,17+,19+/m1/s1. The van der Waals surface area contributed by atoms with Crippen molar-refractivity contribution in [3.63, 3.8) is 0 Å². The first-order chi connectivity index (χ1) is 10.5. The van der Waals surface area contributed by atoms with Crippen molar-refractivity contribution >= 4 is 5.97 Å². The second-order valence-corrected chi connectivity index (χ2v) is 7.19. The van der Waals surface area contributed by atoms with Gasteiger partial charge in [-0.05, 0) is 64.7 Å². The van der Waals surface area contributed by atoms with Gasteiger partial charge in [-0.1, -0.05) is 36.3 Å². The lowest BCUT2D eigenvalue weighted by Gasteiger charge is -2.28. The molecule has 0 aromatic carbocycles. The van der Waals surface area contributed by atoms with Crippen LogP contribution in [-0.4, -0.2) is 12.6 Å². The number of carbonyl (C=O) groups excluding carboxylic acids is 1. The van der Waals surface area contributed by atoms with Gasteiger partial charge in [-0.2, -0.15) is 0 Å². The van der Waals surface area contributed by atoms with Gasteiger partial charge in [-0.25, -0.2) is 4.79 Å². The van der Waals surface area contributed by atoms with Crippen molar-refractivity contribution in [2.45, 2.75) is 59.8 Å². The summed E-state index contributed by atoms with van der Waals surface area (Å²) in [6.07, 6.45) is 12.2. The van der Waals surface area contributed by atoms with Crippen molar-refractivity contribution in [1.29, 1.82) is 0 Å². The number of ether oxygens (including phenoxy) is 1. The molecule has 0 amide bonds. The molecule has 0 aromatic heterocycles. The molecule has 3 atom stereocenters. The maximum atomic E-state index is 12.0. The Bertz CT molecular complexity index is 492. The molecular weight excluding hydrogens is 272 g/mol. The lowest BCUT2D eigenvalue weighted by atomic mass is 9.75. The molecule has 2 nitrogen and oxygen atoms in total. The molecule has 0 bridgehead atoms. The molecule has 2 heteroatoms. The van der Waals surface area contributed by atoms with Crippen LogP contribution in [0.5, 0.6) is 0 Å². The van der Waals surface area contributed by atoms with Crippen molar-refractivity contribution in [1.82, 2.24) is 0 Å². The Morgan fingerprint density at radius 1 is 1.41 bits per heavy atom. The molecule has 0 aromatic rings. The smallest absolute Gasteiger partial charge is 0.334 e. The molecule has 1 aliphatic carbocycles. The number of hydrogen-bond acceptors (Lipinski definition) is 2. The Morgan fingerprint density at radius 3 is 2.91 bits per heavy atom. The summed E-state index contributed by atoms with van der Waals surface area (Å²) < 4.78 is 5.36. The molecule has 1 fully saturated rings. The highest BCUT2D eigenvalue weighted by Crippen LogP contribution is 2.39. The minimum Gasteiger partial charge on any atom is -0.462 e. The Hall–Kier alpha value is -1.31. The van der Waals surface area contributed by atoms with E-state index >= 15 is 0 Å². The predicted molar refractivity (Wildman–Crippen MR) is 91.5 cm³/mol. The summed E-state index contributed by atoms with van der Waals surface area (Å²) in [5, 5.41) is 0. The molecule has 1 saturated heterocycles. The van der Waals surface area contributed by atoms with E-state index in [0.717, 1.165) is 31.3 Å². The summed E-state index contributed by atoms with van der Waals surface area (Å²) >= 11 is 0. The fourth-order valence-electron chi connectivity index (χ4n) is 3.69. The molecule has 22 heavy (non-hydrogen) atoms. The minimum absolute atomic E-state index is 0.0838. The van der Waals surface area contributed by atoms with Gasteiger partial charge in [0.1, 0.15) is 0 Å². The molecule has 0 radical (unpaired) electrons. The van der Waals surface area contributed by atoms with Crippen molar-refractivity contribution in [2.24, 2.45) is 17.8 Å². The lowest BCUT2D eigenvalue weighted by molar-refractivity contribution is -0.135. The maximum absolute atomic E-state index is 12.0. The zero-order valence-electron chi connectivity index (χ0n) is 14.5. The van der Waals surface area contributed by atoms with Crippen molar-refractivity contribution in [3.05, 3.63) is 34.9 Å². The minimum atomic E-state index is -0.0838. The second-order valence-electron chi connectivity index (χ2n) is 7.19. The largest absolute Gasteiger partial charge is 0.462 e. The number of esters is 1. The molecule has 0 unspecified atom stereocenters. The molecular formula is C20H30O2. The Balaban J connectivity index is 2.13. The van der Waals surface area contributed by atoms with Crippen LogP contribution in [-0.2, 0) is 9.53 Å². The number of fused-ring (bicyclic) bond motifs is 1.